The van der Waals surface area contributed by atoms with Gasteiger partial charge in [-0.1, -0.05) is 50.1 Å². The van der Waals surface area contributed by atoms with Crippen LogP contribution in [0.2, 0.25) is 0 Å². The Labute approximate surface area is 92.9 Å². The molecule has 1 N–H and O–H groups in total. The van der Waals surface area contributed by atoms with E-state index in [9.17, 15) is 0 Å². The molecule has 0 spiro atoms. The first-order valence-corrected chi connectivity index (χ1v) is 6.18. The topological polar surface area (TPSA) is 12.0 Å². The van der Waals surface area contributed by atoms with E-state index >= 15 is 0 Å². The van der Waals surface area contributed by atoms with Crippen molar-refractivity contribution in [2.75, 3.05) is 6.54 Å². The number of hydrogen-bond acceptors (Lipinski definition) is 1. The van der Waals surface area contributed by atoms with Crippen molar-refractivity contribution in [3.8, 4) is 0 Å². The molecule has 1 fully saturated rings. The van der Waals surface area contributed by atoms with Crippen molar-refractivity contribution in [1.82, 2.24) is 5.32 Å². The quantitative estimate of drug-likeness (QED) is 0.793. The zero-order valence-electron chi connectivity index (χ0n) is 9.63. The van der Waals surface area contributed by atoms with Gasteiger partial charge in [-0.2, -0.15) is 0 Å². The third-order valence-corrected chi connectivity index (χ3v) is 3.50. The first-order chi connectivity index (χ1) is 7.37. The van der Waals surface area contributed by atoms with Crippen molar-refractivity contribution in [2.45, 2.75) is 44.6 Å². The van der Waals surface area contributed by atoms with E-state index in [-0.39, 0.29) is 5.54 Å². The van der Waals surface area contributed by atoms with Gasteiger partial charge < -0.3 is 5.32 Å². The van der Waals surface area contributed by atoms with E-state index in [0.29, 0.717) is 0 Å². The molecule has 1 heterocycles. The normalized spacial score (nSPS) is 26.5. The molecule has 0 amide bonds. The predicted octanol–water partition coefficient (Wildman–Crippen LogP) is 3.46. The average Bonchev–Trinajstić information content (AvgIpc) is 2.32. The van der Waals surface area contributed by atoms with Gasteiger partial charge in [0.15, 0.2) is 0 Å². The Morgan fingerprint density at radius 3 is 2.60 bits per heavy atom. The lowest BCUT2D eigenvalue weighted by atomic mass is 9.79. The maximum atomic E-state index is 3.75. The van der Waals surface area contributed by atoms with Crippen molar-refractivity contribution in [3.05, 3.63) is 35.9 Å². The predicted molar refractivity (Wildman–Crippen MR) is 64.9 cm³/mol. The van der Waals surface area contributed by atoms with Crippen LogP contribution in [0.5, 0.6) is 0 Å². The number of rotatable bonds is 3. The first-order valence-electron chi connectivity index (χ1n) is 6.18. The van der Waals surface area contributed by atoms with Crippen molar-refractivity contribution in [3.63, 3.8) is 0 Å². The molecule has 1 aromatic rings. The van der Waals surface area contributed by atoms with Gasteiger partial charge in [-0.15, -0.1) is 0 Å². The van der Waals surface area contributed by atoms with Gasteiger partial charge in [0.1, 0.15) is 0 Å². The van der Waals surface area contributed by atoms with Crippen LogP contribution in [0.4, 0.5) is 0 Å². The maximum Gasteiger partial charge on any atom is 0.0434 e. The fraction of sp³-hybridized carbons (Fsp3) is 0.571. The highest BCUT2D eigenvalue weighted by molar-refractivity contribution is 5.25. The average molecular weight is 203 g/mol. The molecule has 1 aliphatic heterocycles. The van der Waals surface area contributed by atoms with Gasteiger partial charge in [0.2, 0.25) is 0 Å². The summed E-state index contributed by atoms with van der Waals surface area (Å²) in [5, 5.41) is 3.75. The Hall–Kier alpha value is -0.820. The number of piperidine rings is 1. The Morgan fingerprint density at radius 1 is 1.20 bits per heavy atom. The van der Waals surface area contributed by atoms with Crippen LogP contribution in [0.3, 0.4) is 0 Å². The molecule has 1 unspecified atom stereocenters. The molecule has 0 aliphatic carbocycles. The summed E-state index contributed by atoms with van der Waals surface area (Å²) in [4.78, 5) is 0. The standard InChI is InChI=1S/C14H21N/c1-2-10-14(11-6-7-12-15-14)13-8-4-3-5-9-13/h3-5,8-9,15H,2,6-7,10-12H2,1H3. The van der Waals surface area contributed by atoms with Crippen LogP contribution in [-0.4, -0.2) is 6.54 Å². The van der Waals surface area contributed by atoms with Gasteiger partial charge in [-0.25, -0.2) is 0 Å². The van der Waals surface area contributed by atoms with E-state index in [1.165, 1.54) is 44.2 Å². The minimum Gasteiger partial charge on any atom is -0.307 e. The summed E-state index contributed by atoms with van der Waals surface area (Å²) in [5.41, 5.74) is 1.75. The summed E-state index contributed by atoms with van der Waals surface area (Å²) in [6.45, 7) is 3.45. The van der Waals surface area contributed by atoms with Crippen LogP contribution in [0.25, 0.3) is 0 Å². The second-order valence-electron chi connectivity index (χ2n) is 4.58. The molecule has 0 aromatic heterocycles. The number of hydrogen-bond donors (Lipinski definition) is 1. The van der Waals surface area contributed by atoms with E-state index < -0.39 is 0 Å². The van der Waals surface area contributed by atoms with Gasteiger partial charge in [0.05, 0.1) is 0 Å². The summed E-state index contributed by atoms with van der Waals surface area (Å²) in [6.07, 6.45) is 6.50. The van der Waals surface area contributed by atoms with E-state index in [0.717, 1.165) is 0 Å². The molecule has 1 nitrogen and oxygen atoms in total. The summed E-state index contributed by atoms with van der Waals surface area (Å²) < 4.78 is 0. The highest BCUT2D eigenvalue weighted by Crippen LogP contribution is 2.34. The lowest BCUT2D eigenvalue weighted by Crippen LogP contribution is -2.45. The monoisotopic (exact) mass is 203 g/mol. The minimum atomic E-state index is 0.272. The number of nitrogens with one attached hydrogen (secondary N) is 1. The zero-order valence-corrected chi connectivity index (χ0v) is 9.63. The molecule has 0 saturated carbocycles. The second-order valence-corrected chi connectivity index (χ2v) is 4.58. The molecular formula is C14H21N. The highest BCUT2D eigenvalue weighted by atomic mass is 15.0. The minimum absolute atomic E-state index is 0.272. The van der Waals surface area contributed by atoms with Crippen molar-refractivity contribution < 1.29 is 0 Å². The molecule has 1 atom stereocenters. The summed E-state index contributed by atoms with van der Waals surface area (Å²) in [5.74, 6) is 0. The fourth-order valence-corrected chi connectivity index (χ4v) is 2.76. The lowest BCUT2D eigenvalue weighted by molar-refractivity contribution is 0.237. The molecule has 1 aliphatic rings. The Bertz CT molecular complexity index is 280. The highest BCUT2D eigenvalue weighted by Gasteiger charge is 2.31. The summed E-state index contributed by atoms with van der Waals surface area (Å²) in [6, 6.07) is 11.0. The van der Waals surface area contributed by atoms with Crippen molar-refractivity contribution in [1.29, 1.82) is 0 Å². The summed E-state index contributed by atoms with van der Waals surface area (Å²) >= 11 is 0. The van der Waals surface area contributed by atoms with Gasteiger partial charge in [-0.05, 0) is 31.4 Å². The Morgan fingerprint density at radius 2 is 2.00 bits per heavy atom. The third-order valence-electron chi connectivity index (χ3n) is 3.50. The van der Waals surface area contributed by atoms with Gasteiger partial charge >= 0.3 is 0 Å². The smallest absolute Gasteiger partial charge is 0.0434 e. The van der Waals surface area contributed by atoms with Crippen LogP contribution in [0, 0.1) is 0 Å². The van der Waals surface area contributed by atoms with Crippen LogP contribution in [-0.2, 0) is 5.54 Å². The lowest BCUT2D eigenvalue weighted by Gasteiger charge is -2.39. The molecule has 1 saturated heterocycles. The van der Waals surface area contributed by atoms with Crippen molar-refractivity contribution >= 4 is 0 Å². The van der Waals surface area contributed by atoms with E-state index in [1.807, 2.05) is 0 Å². The molecule has 1 heteroatoms. The second kappa shape index (κ2) is 4.80. The van der Waals surface area contributed by atoms with Crippen LogP contribution in [0.1, 0.15) is 44.6 Å². The molecule has 1 aromatic carbocycles. The SMILES string of the molecule is CCCC1(c2ccccc2)CCCCN1. The molecule has 0 bridgehead atoms. The summed E-state index contributed by atoms with van der Waals surface area (Å²) in [7, 11) is 0. The number of benzene rings is 1. The fourth-order valence-electron chi connectivity index (χ4n) is 2.76. The van der Waals surface area contributed by atoms with E-state index in [4.69, 9.17) is 0 Å². The van der Waals surface area contributed by atoms with Crippen LogP contribution < -0.4 is 5.32 Å². The molecule has 0 radical (unpaired) electrons. The largest absolute Gasteiger partial charge is 0.307 e. The Kier molecular flexibility index (Phi) is 3.42. The molecule has 2 rings (SSSR count). The first kappa shape index (κ1) is 10.7. The Balaban J connectivity index is 2.25. The van der Waals surface area contributed by atoms with Gasteiger partial charge in [0.25, 0.3) is 0 Å². The van der Waals surface area contributed by atoms with E-state index in [2.05, 4.69) is 42.6 Å². The third kappa shape index (κ3) is 2.23. The van der Waals surface area contributed by atoms with Crippen LogP contribution >= 0.6 is 0 Å². The maximum absolute atomic E-state index is 3.75. The molecular weight excluding hydrogens is 182 g/mol. The van der Waals surface area contributed by atoms with E-state index in [1.54, 1.807) is 0 Å². The zero-order chi connectivity index (χ0) is 10.6. The van der Waals surface area contributed by atoms with Crippen LogP contribution in [0.15, 0.2) is 30.3 Å². The van der Waals surface area contributed by atoms with Gasteiger partial charge in [0, 0.05) is 5.54 Å². The van der Waals surface area contributed by atoms with Crippen molar-refractivity contribution in [2.24, 2.45) is 0 Å². The molecule has 82 valence electrons. The molecule has 15 heavy (non-hydrogen) atoms. The van der Waals surface area contributed by atoms with Gasteiger partial charge in [-0.3, -0.25) is 0 Å².